The topological polar surface area (TPSA) is 9.23 Å². The summed E-state index contributed by atoms with van der Waals surface area (Å²) in [7, 11) is 0. The van der Waals surface area contributed by atoms with E-state index in [4.69, 9.17) is 0 Å². The maximum absolute atomic E-state index is 12.5. The SMILES string of the molecule is CCCCCCCOC(F)(F)C(F)=C(F)F. The molecule has 0 spiro atoms. The Morgan fingerprint density at radius 2 is 1.56 bits per heavy atom. The second-order valence-corrected chi connectivity index (χ2v) is 3.35. The van der Waals surface area contributed by atoms with Gasteiger partial charge in [0.05, 0.1) is 6.61 Å². The van der Waals surface area contributed by atoms with Gasteiger partial charge in [-0.05, 0) is 6.42 Å². The van der Waals surface area contributed by atoms with E-state index >= 15 is 0 Å². The van der Waals surface area contributed by atoms with Gasteiger partial charge in [0.2, 0.25) is 0 Å². The van der Waals surface area contributed by atoms with Crippen LogP contribution >= 0.6 is 0 Å². The molecule has 0 aromatic carbocycles. The lowest BCUT2D eigenvalue weighted by atomic mass is 10.2. The standard InChI is InChI=1S/C10H15F5O/c1-2-3-4-5-6-7-16-10(14,15)8(11)9(12)13/h2-7H2,1H3. The number of rotatable bonds is 8. The Hall–Kier alpha value is -0.650. The minimum absolute atomic E-state index is 0.302. The molecule has 96 valence electrons. The summed E-state index contributed by atoms with van der Waals surface area (Å²) in [4.78, 5) is 0. The summed E-state index contributed by atoms with van der Waals surface area (Å²) in [6, 6.07) is 0. The molecular formula is C10H15F5O. The van der Waals surface area contributed by atoms with E-state index in [0.29, 0.717) is 12.8 Å². The first kappa shape index (κ1) is 15.3. The summed E-state index contributed by atoms with van der Waals surface area (Å²) in [5.74, 6) is -2.80. The van der Waals surface area contributed by atoms with E-state index in [1.807, 2.05) is 6.92 Å². The minimum atomic E-state index is -4.51. The van der Waals surface area contributed by atoms with Crippen LogP contribution < -0.4 is 0 Å². The molecule has 0 rings (SSSR count). The van der Waals surface area contributed by atoms with Crippen LogP contribution in [0.3, 0.4) is 0 Å². The van der Waals surface area contributed by atoms with Crippen LogP contribution in [-0.4, -0.2) is 12.7 Å². The van der Waals surface area contributed by atoms with Gasteiger partial charge in [0.1, 0.15) is 0 Å². The van der Waals surface area contributed by atoms with Crippen LogP contribution in [0.2, 0.25) is 0 Å². The fourth-order valence-electron chi connectivity index (χ4n) is 1.08. The zero-order valence-electron chi connectivity index (χ0n) is 9.04. The third kappa shape index (κ3) is 6.05. The molecule has 0 aliphatic carbocycles. The minimum Gasteiger partial charge on any atom is -0.315 e. The molecule has 0 N–H and O–H groups in total. The maximum Gasteiger partial charge on any atom is 0.414 e. The van der Waals surface area contributed by atoms with Gasteiger partial charge in [-0.2, -0.15) is 22.0 Å². The molecule has 0 aromatic rings. The molecule has 0 bridgehead atoms. The number of ether oxygens (including phenoxy) is 1. The molecular weight excluding hydrogens is 231 g/mol. The van der Waals surface area contributed by atoms with E-state index < -0.39 is 24.6 Å². The highest BCUT2D eigenvalue weighted by Crippen LogP contribution is 2.30. The number of alkyl halides is 2. The highest BCUT2D eigenvalue weighted by Gasteiger charge is 2.40. The van der Waals surface area contributed by atoms with Crippen LogP contribution in [0, 0.1) is 0 Å². The number of hydrogen-bond acceptors (Lipinski definition) is 1. The zero-order valence-corrected chi connectivity index (χ0v) is 9.04. The summed E-state index contributed by atoms with van der Waals surface area (Å²) in [6.07, 6.45) is -3.75. The van der Waals surface area contributed by atoms with Crippen LogP contribution in [0.25, 0.3) is 0 Å². The lowest BCUT2D eigenvalue weighted by Crippen LogP contribution is -2.23. The lowest BCUT2D eigenvalue weighted by Gasteiger charge is -2.13. The van der Waals surface area contributed by atoms with Crippen molar-refractivity contribution in [3.8, 4) is 0 Å². The van der Waals surface area contributed by atoms with Crippen LogP contribution in [0.1, 0.15) is 39.0 Å². The fourth-order valence-corrected chi connectivity index (χ4v) is 1.08. The van der Waals surface area contributed by atoms with E-state index in [9.17, 15) is 22.0 Å². The monoisotopic (exact) mass is 246 g/mol. The Morgan fingerprint density at radius 3 is 2.06 bits per heavy atom. The van der Waals surface area contributed by atoms with Gasteiger partial charge in [-0.1, -0.05) is 32.6 Å². The van der Waals surface area contributed by atoms with Crippen molar-refractivity contribution in [1.82, 2.24) is 0 Å². The van der Waals surface area contributed by atoms with Crippen LogP contribution in [0.4, 0.5) is 22.0 Å². The normalized spacial score (nSPS) is 11.6. The maximum atomic E-state index is 12.5. The van der Waals surface area contributed by atoms with Crippen molar-refractivity contribution >= 4 is 0 Å². The summed E-state index contributed by atoms with van der Waals surface area (Å²) < 4.78 is 64.1. The molecule has 0 saturated heterocycles. The predicted molar refractivity (Wildman–Crippen MR) is 50.0 cm³/mol. The molecule has 0 unspecified atom stereocenters. The first-order valence-corrected chi connectivity index (χ1v) is 5.14. The van der Waals surface area contributed by atoms with Crippen molar-refractivity contribution < 1.29 is 26.7 Å². The van der Waals surface area contributed by atoms with Gasteiger partial charge in [0.15, 0.2) is 0 Å². The highest BCUT2D eigenvalue weighted by atomic mass is 19.3. The Balaban J connectivity index is 3.79. The molecule has 0 saturated carbocycles. The Bertz CT molecular complexity index is 223. The molecule has 0 aliphatic rings. The van der Waals surface area contributed by atoms with Crippen molar-refractivity contribution in [3.05, 3.63) is 11.9 Å². The van der Waals surface area contributed by atoms with Crippen LogP contribution in [0.5, 0.6) is 0 Å². The predicted octanol–water partition coefficient (Wildman–Crippen LogP) is 4.64. The van der Waals surface area contributed by atoms with E-state index in [1.165, 1.54) is 0 Å². The average Bonchev–Trinajstić information content (AvgIpc) is 2.22. The summed E-state index contributed by atoms with van der Waals surface area (Å²) >= 11 is 0. The first-order chi connectivity index (χ1) is 7.41. The van der Waals surface area contributed by atoms with Crippen molar-refractivity contribution in [2.75, 3.05) is 6.61 Å². The second-order valence-electron chi connectivity index (χ2n) is 3.35. The first-order valence-electron chi connectivity index (χ1n) is 5.14. The molecule has 0 atom stereocenters. The van der Waals surface area contributed by atoms with Gasteiger partial charge in [0.25, 0.3) is 5.83 Å². The Morgan fingerprint density at radius 1 is 1.00 bits per heavy atom. The number of unbranched alkanes of at least 4 members (excludes halogenated alkanes) is 4. The van der Waals surface area contributed by atoms with Crippen molar-refractivity contribution in [1.29, 1.82) is 0 Å². The van der Waals surface area contributed by atoms with E-state index in [2.05, 4.69) is 4.74 Å². The van der Waals surface area contributed by atoms with Gasteiger partial charge in [0, 0.05) is 0 Å². The quantitative estimate of drug-likeness (QED) is 0.447. The number of halogens is 5. The van der Waals surface area contributed by atoms with Gasteiger partial charge in [-0.25, -0.2) is 0 Å². The van der Waals surface area contributed by atoms with E-state index in [0.717, 1.165) is 19.3 Å². The number of hydrogen-bond donors (Lipinski definition) is 0. The molecule has 6 heteroatoms. The molecule has 16 heavy (non-hydrogen) atoms. The second kappa shape index (κ2) is 7.60. The smallest absolute Gasteiger partial charge is 0.315 e. The van der Waals surface area contributed by atoms with Gasteiger partial charge < -0.3 is 4.74 Å². The van der Waals surface area contributed by atoms with Crippen molar-refractivity contribution in [3.63, 3.8) is 0 Å². The largest absolute Gasteiger partial charge is 0.414 e. The fraction of sp³-hybridized carbons (Fsp3) is 0.800. The van der Waals surface area contributed by atoms with E-state index in [-0.39, 0.29) is 0 Å². The third-order valence-electron chi connectivity index (χ3n) is 1.95. The third-order valence-corrected chi connectivity index (χ3v) is 1.95. The Kier molecular flexibility index (Phi) is 7.29. The van der Waals surface area contributed by atoms with Crippen LogP contribution in [-0.2, 0) is 4.74 Å². The highest BCUT2D eigenvalue weighted by molar-refractivity contribution is 4.99. The summed E-state index contributed by atoms with van der Waals surface area (Å²) in [6.45, 7) is 1.56. The van der Waals surface area contributed by atoms with Crippen LogP contribution in [0.15, 0.2) is 11.9 Å². The molecule has 0 aromatic heterocycles. The Labute approximate surface area is 91.3 Å². The molecule has 0 radical (unpaired) electrons. The van der Waals surface area contributed by atoms with Gasteiger partial charge >= 0.3 is 12.2 Å². The molecule has 0 heterocycles. The summed E-state index contributed by atoms with van der Waals surface area (Å²) in [5.41, 5.74) is 0. The van der Waals surface area contributed by atoms with Gasteiger partial charge in [-0.15, -0.1) is 0 Å². The molecule has 0 fully saturated rings. The van der Waals surface area contributed by atoms with Crippen molar-refractivity contribution in [2.24, 2.45) is 0 Å². The molecule has 0 aliphatic heterocycles. The van der Waals surface area contributed by atoms with Gasteiger partial charge in [-0.3, -0.25) is 0 Å². The lowest BCUT2D eigenvalue weighted by molar-refractivity contribution is -0.223. The molecule has 0 amide bonds. The van der Waals surface area contributed by atoms with E-state index in [1.54, 1.807) is 0 Å². The average molecular weight is 246 g/mol. The van der Waals surface area contributed by atoms with Crippen molar-refractivity contribution in [2.45, 2.75) is 45.1 Å². The summed E-state index contributed by atoms with van der Waals surface area (Å²) in [5, 5.41) is 0. The molecule has 1 nitrogen and oxygen atoms in total. The zero-order chi connectivity index (χ0) is 12.6.